The summed E-state index contributed by atoms with van der Waals surface area (Å²) in [5.41, 5.74) is 24.2. The summed E-state index contributed by atoms with van der Waals surface area (Å²) in [5.74, 6) is 0. The second kappa shape index (κ2) is 15.1. The maximum Gasteiger partial charge on any atom is 0.252 e. The molecule has 3 nitrogen and oxygen atoms in total. The van der Waals surface area contributed by atoms with Crippen molar-refractivity contribution >= 4 is 68.6 Å². The molecule has 3 heterocycles. The molecule has 0 spiro atoms. The van der Waals surface area contributed by atoms with Crippen LogP contribution in [0.2, 0.25) is 0 Å². The lowest BCUT2D eigenvalue weighted by molar-refractivity contribution is 0.330. The topological polar surface area (TPSA) is 9.72 Å². The van der Waals surface area contributed by atoms with Gasteiger partial charge in [-0.15, -0.1) is 0 Å². The first-order chi connectivity index (χ1) is 32.6. The van der Waals surface area contributed by atoms with Gasteiger partial charge in [0.1, 0.15) is 0 Å². The normalized spacial score (nSPS) is 19.1. The summed E-state index contributed by atoms with van der Waals surface area (Å²) in [6.45, 7) is 21.2. The van der Waals surface area contributed by atoms with Crippen LogP contribution < -0.4 is 31.1 Å². The number of hydrogen-bond donors (Lipinski definition) is 0. The van der Waals surface area contributed by atoms with Gasteiger partial charge < -0.3 is 14.7 Å². The largest absolute Gasteiger partial charge is 0.334 e. The molecule has 1 fully saturated rings. The maximum atomic E-state index is 2.73. The Kier molecular flexibility index (Phi) is 9.46. The highest BCUT2D eigenvalue weighted by atomic mass is 15.3. The van der Waals surface area contributed by atoms with E-state index in [0.29, 0.717) is 0 Å². The van der Waals surface area contributed by atoms with Gasteiger partial charge in [0.2, 0.25) is 0 Å². The molecule has 0 radical (unpaired) electrons. The number of para-hydroxylation sites is 1. The van der Waals surface area contributed by atoms with Gasteiger partial charge in [0.25, 0.3) is 6.71 Å². The Hall–Kier alpha value is -6.78. The Bertz CT molecular complexity index is 3290. The molecule has 8 aromatic rings. The summed E-state index contributed by atoms with van der Waals surface area (Å²) in [6, 6.07) is 67.5. The van der Waals surface area contributed by atoms with Crippen molar-refractivity contribution in [2.24, 2.45) is 0 Å². The van der Waals surface area contributed by atoms with Gasteiger partial charge in [-0.05, 0) is 154 Å². The van der Waals surface area contributed by atoms with Gasteiger partial charge in [-0.3, -0.25) is 0 Å². The number of hydrogen-bond acceptors (Lipinski definition) is 3. The third-order valence-electron chi connectivity index (χ3n) is 16.5. The highest BCUT2D eigenvalue weighted by Crippen LogP contribution is 2.62. The van der Waals surface area contributed by atoms with Gasteiger partial charge >= 0.3 is 0 Å². The van der Waals surface area contributed by atoms with Crippen LogP contribution in [0.3, 0.4) is 0 Å². The molecular formula is C64H62BN3. The fourth-order valence-electron chi connectivity index (χ4n) is 12.7. The van der Waals surface area contributed by atoms with E-state index in [9.17, 15) is 0 Å². The predicted octanol–water partition coefficient (Wildman–Crippen LogP) is 15.4. The molecule has 12 rings (SSSR count). The van der Waals surface area contributed by atoms with Gasteiger partial charge in [-0.2, -0.15) is 0 Å². The number of benzene rings is 8. The first-order valence-corrected chi connectivity index (χ1v) is 24.9. The fraction of sp³-hybridized carbons (Fsp3) is 0.250. The van der Waals surface area contributed by atoms with Crippen LogP contribution >= 0.6 is 0 Å². The summed E-state index contributed by atoms with van der Waals surface area (Å²) in [4.78, 5) is 7.94. The molecule has 1 aliphatic carbocycles. The second-order valence-corrected chi connectivity index (χ2v) is 22.7. The standard InChI is InChI=1S/C64H62BN3/c1-42-37-58-60-59(38-42)67(54-34-28-47(62(5,6)7)40-50(54)44-21-14-11-15-22-44)56-33-25-45(43-19-12-10-13-20-43)39-53(56)65(60)52-32-31-49(41-57(52)66(58)48-29-26-46(27-30-48)61(2,3)4)68-55-24-17-16-23-51(55)63(8)35-18-36-64(63,68)9/h10-17,19-34,37-41H,18,35-36H2,1-9H3. The Morgan fingerprint density at radius 3 is 1.78 bits per heavy atom. The molecule has 68 heavy (non-hydrogen) atoms. The summed E-state index contributed by atoms with van der Waals surface area (Å²) >= 11 is 0. The average molecular weight is 884 g/mol. The van der Waals surface area contributed by atoms with E-state index < -0.39 is 0 Å². The molecule has 336 valence electrons. The zero-order valence-corrected chi connectivity index (χ0v) is 41.3. The fourth-order valence-corrected chi connectivity index (χ4v) is 12.7. The van der Waals surface area contributed by atoms with E-state index in [1.807, 2.05) is 0 Å². The van der Waals surface area contributed by atoms with Gasteiger partial charge in [0.15, 0.2) is 0 Å². The van der Waals surface area contributed by atoms with Crippen molar-refractivity contribution in [3.8, 4) is 22.3 Å². The molecule has 8 aromatic carbocycles. The van der Waals surface area contributed by atoms with Crippen molar-refractivity contribution in [3.05, 3.63) is 198 Å². The number of anilines is 8. The quantitative estimate of drug-likeness (QED) is 0.159. The lowest BCUT2D eigenvalue weighted by Crippen LogP contribution is -2.61. The Morgan fingerprint density at radius 1 is 0.456 bits per heavy atom. The van der Waals surface area contributed by atoms with Crippen molar-refractivity contribution in [3.63, 3.8) is 0 Å². The van der Waals surface area contributed by atoms with Crippen molar-refractivity contribution in [2.45, 2.75) is 103 Å². The van der Waals surface area contributed by atoms with Crippen LogP contribution in [0.1, 0.15) is 96.9 Å². The third-order valence-corrected chi connectivity index (χ3v) is 16.5. The molecular weight excluding hydrogens is 822 g/mol. The highest BCUT2D eigenvalue weighted by Gasteiger charge is 2.59. The zero-order valence-electron chi connectivity index (χ0n) is 41.3. The molecule has 2 unspecified atom stereocenters. The van der Waals surface area contributed by atoms with E-state index in [0.717, 1.165) is 6.42 Å². The van der Waals surface area contributed by atoms with Crippen LogP contribution in [0.5, 0.6) is 0 Å². The van der Waals surface area contributed by atoms with Crippen molar-refractivity contribution in [1.29, 1.82) is 0 Å². The molecule has 0 saturated heterocycles. The number of nitrogens with zero attached hydrogens (tertiary/aromatic N) is 3. The summed E-state index contributed by atoms with van der Waals surface area (Å²) in [7, 11) is 0. The minimum Gasteiger partial charge on any atom is -0.334 e. The van der Waals surface area contributed by atoms with E-state index >= 15 is 0 Å². The third kappa shape index (κ3) is 6.32. The monoisotopic (exact) mass is 884 g/mol. The molecule has 0 bridgehead atoms. The van der Waals surface area contributed by atoms with E-state index in [4.69, 9.17) is 0 Å². The van der Waals surface area contributed by atoms with Crippen molar-refractivity contribution in [2.75, 3.05) is 14.7 Å². The number of rotatable bonds is 5. The van der Waals surface area contributed by atoms with Crippen LogP contribution in [0, 0.1) is 6.92 Å². The summed E-state index contributed by atoms with van der Waals surface area (Å²) in [5, 5.41) is 0. The van der Waals surface area contributed by atoms with Crippen LogP contribution in [0.4, 0.5) is 45.5 Å². The molecule has 0 amide bonds. The highest BCUT2D eigenvalue weighted by molar-refractivity contribution is 7.00. The van der Waals surface area contributed by atoms with Crippen LogP contribution in [-0.2, 0) is 16.2 Å². The Labute approximate surface area is 405 Å². The molecule has 0 aromatic heterocycles. The van der Waals surface area contributed by atoms with Crippen molar-refractivity contribution in [1.82, 2.24) is 0 Å². The molecule has 4 heteroatoms. The molecule has 3 aliphatic heterocycles. The second-order valence-electron chi connectivity index (χ2n) is 22.7. The van der Waals surface area contributed by atoms with Crippen molar-refractivity contribution < 1.29 is 0 Å². The average Bonchev–Trinajstić information content (AvgIpc) is 3.74. The first kappa shape index (κ1) is 42.6. The summed E-state index contributed by atoms with van der Waals surface area (Å²) in [6.07, 6.45) is 3.59. The Balaban J connectivity index is 1.15. The maximum absolute atomic E-state index is 2.73. The predicted molar refractivity (Wildman–Crippen MR) is 292 cm³/mol. The van der Waals surface area contributed by atoms with Crippen LogP contribution in [0.25, 0.3) is 22.3 Å². The molecule has 4 aliphatic rings. The van der Waals surface area contributed by atoms with Gasteiger partial charge in [0, 0.05) is 50.8 Å². The van der Waals surface area contributed by atoms with E-state index in [2.05, 4.69) is 253 Å². The number of fused-ring (bicyclic) bond motifs is 7. The SMILES string of the molecule is Cc1cc2c3c(c1)N(c1ccc(C(C)(C)C)cc1-c1ccccc1)c1ccc(-c4ccccc4)cc1B3c1ccc(N3c4ccccc4C4(C)CCCC34C)cc1N2c1ccc(C(C)(C)C)cc1. The van der Waals surface area contributed by atoms with E-state index in [-0.39, 0.29) is 28.5 Å². The zero-order chi connectivity index (χ0) is 46.9. The minimum absolute atomic E-state index is 0.0168. The van der Waals surface area contributed by atoms with Crippen LogP contribution in [0.15, 0.2) is 176 Å². The van der Waals surface area contributed by atoms with E-state index in [1.165, 1.54) is 119 Å². The molecule has 0 N–H and O–H groups in total. The smallest absolute Gasteiger partial charge is 0.252 e. The lowest BCUT2D eigenvalue weighted by atomic mass is 9.33. The lowest BCUT2D eigenvalue weighted by Gasteiger charge is -2.46. The van der Waals surface area contributed by atoms with E-state index in [1.54, 1.807) is 0 Å². The first-order valence-electron chi connectivity index (χ1n) is 24.9. The van der Waals surface area contributed by atoms with Gasteiger partial charge in [-0.1, -0.05) is 170 Å². The molecule has 1 saturated carbocycles. The van der Waals surface area contributed by atoms with Gasteiger partial charge in [-0.25, -0.2) is 0 Å². The Morgan fingerprint density at radius 2 is 1.07 bits per heavy atom. The van der Waals surface area contributed by atoms with Crippen LogP contribution in [-0.4, -0.2) is 12.3 Å². The molecule has 2 atom stereocenters. The summed E-state index contributed by atoms with van der Waals surface area (Å²) < 4.78 is 0. The minimum atomic E-state index is -0.0397. The number of aryl methyl sites for hydroxylation is 1. The van der Waals surface area contributed by atoms with Gasteiger partial charge in [0.05, 0.1) is 11.2 Å².